The molecule has 0 spiro atoms. The summed E-state index contributed by atoms with van der Waals surface area (Å²) in [7, 11) is -5.72. The van der Waals surface area contributed by atoms with Gasteiger partial charge >= 0.3 is 51.4 Å². The van der Waals surface area contributed by atoms with Crippen LogP contribution < -0.4 is 51.4 Å². The first-order valence-corrected chi connectivity index (χ1v) is 27.4. The van der Waals surface area contributed by atoms with Gasteiger partial charge in [-0.25, -0.2) is 0 Å². The van der Waals surface area contributed by atoms with E-state index in [-0.39, 0.29) is 51.4 Å². The van der Waals surface area contributed by atoms with Crippen LogP contribution in [0.15, 0.2) is 0 Å². The van der Waals surface area contributed by atoms with Gasteiger partial charge in [-0.3, -0.25) is 4.90 Å². The van der Waals surface area contributed by atoms with Gasteiger partial charge in [0.25, 0.3) is 8.32 Å². The summed E-state index contributed by atoms with van der Waals surface area (Å²) in [5.74, 6) is 0. The average Bonchev–Trinajstić information content (AvgIpc) is 2.78. The van der Waals surface area contributed by atoms with Crippen LogP contribution in [0.5, 0.6) is 0 Å². The van der Waals surface area contributed by atoms with Crippen LogP contribution in [0, 0.1) is 0 Å². The Morgan fingerprint density at radius 1 is 0.436 bits per heavy atom. The van der Waals surface area contributed by atoms with Crippen molar-refractivity contribution in [2.24, 2.45) is 0 Å². The molecule has 0 aromatic rings. The Morgan fingerprint density at radius 2 is 0.667 bits per heavy atom. The van der Waals surface area contributed by atoms with Gasteiger partial charge in [-0.2, -0.15) is 7.35 Å². The molecular formula is C24H54KNO9Si4. The summed E-state index contributed by atoms with van der Waals surface area (Å²) in [5.41, 5.74) is 0. The minimum absolute atomic E-state index is 0. The van der Waals surface area contributed by atoms with Gasteiger partial charge in [0, 0.05) is 39.5 Å². The summed E-state index contributed by atoms with van der Waals surface area (Å²) >= 11 is 0. The Morgan fingerprint density at radius 3 is 0.872 bits per heavy atom. The van der Waals surface area contributed by atoms with Crippen LogP contribution in [0.3, 0.4) is 0 Å². The minimum atomic E-state index is -2.43. The number of fused-ring (bicyclic) bond motifs is 6. The Hall–Kier alpha value is 2.10. The first kappa shape index (κ1) is 39.1. The molecule has 4 rings (SSSR count). The van der Waals surface area contributed by atoms with Crippen molar-refractivity contribution in [1.29, 1.82) is 0 Å². The van der Waals surface area contributed by atoms with E-state index in [0.29, 0.717) is 79.3 Å². The van der Waals surface area contributed by atoms with Crippen LogP contribution in [-0.4, -0.2) is 154 Å². The van der Waals surface area contributed by atoms with Crippen molar-refractivity contribution in [3.8, 4) is 0 Å². The number of hydrogen-bond acceptors (Lipinski definition) is 10. The Labute approximate surface area is 284 Å². The van der Waals surface area contributed by atoms with E-state index in [2.05, 4.69) is 44.2 Å². The summed E-state index contributed by atoms with van der Waals surface area (Å²) in [6.45, 7) is 27.6. The first-order chi connectivity index (χ1) is 18.2. The predicted octanol–water partition coefficient (Wildman–Crippen LogP) is -1.19. The standard InChI is InChI=1S/C12H30NO3Si4.C12H24O6.K/c1-18(2,3)17(19(4,5)6)20-14-10-7-13(8-11-15-20)9-12-16-20;1-2-14-5-6-16-9-10-18-12-11-17-8-7-15-4-3-13-1;/h7-12H2,1-6H3;1-12H2;/q-1;;+1. The maximum absolute atomic E-state index is 6.42. The van der Waals surface area contributed by atoms with Crippen molar-refractivity contribution in [1.82, 2.24) is 4.90 Å². The van der Waals surface area contributed by atoms with E-state index >= 15 is 0 Å². The fraction of sp³-hybridized carbons (Fsp3) is 1.00. The summed E-state index contributed by atoms with van der Waals surface area (Å²) in [6.07, 6.45) is 0. The van der Waals surface area contributed by atoms with Gasteiger partial charge in [0.15, 0.2) is 0 Å². The summed E-state index contributed by atoms with van der Waals surface area (Å²) in [6, 6.07) is 0. The normalized spacial score (nSPS) is 27.9. The monoisotopic (exact) mass is 651 g/mol. The molecule has 4 aliphatic heterocycles. The second-order valence-electron chi connectivity index (χ2n) is 11.5. The van der Waals surface area contributed by atoms with E-state index in [1.807, 2.05) is 0 Å². The molecule has 0 aliphatic carbocycles. The molecule has 0 aromatic heterocycles. The smallest absolute Gasteiger partial charge is 0.396 e. The van der Waals surface area contributed by atoms with E-state index < -0.39 is 30.9 Å². The number of ether oxygens (including phenoxy) is 6. The van der Waals surface area contributed by atoms with Gasteiger partial charge in [-0.05, 0) is 0 Å². The van der Waals surface area contributed by atoms with Crippen molar-refractivity contribution in [2.45, 2.75) is 39.3 Å². The Bertz CT molecular complexity index is 502. The van der Waals surface area contributed by atoms with Crippen molar-refractivity contribution in [3.05, 3.63) is 0 Å². The van der Waals surface area contributed by atoms with E-state index in [9.17, 15) is 0 Å². The maximum Gasteiger partial charge on any atom is 1.00 e. The van der Waals surface area contributed by atoms with E-state index in [0.717, 1.165) is 39.5 Å². The zero-order valence-electron chi connectivity index (χ0n) is 25.8. The van der Waals surface area contributed by atoms with Gasteiger partial charge in [0.2, 0.25) is 0 Å². The van der Waals surface area contributed by atoms with Crippen molar-refractivity contribution in [3.63, 3.8) is 0 Å². The molecule has 226 valence electrons. The van der Waals surface area contributed by atoms with Gasteiger partial charge in [0.1, 0.15) is 0 Å². The summed E-state index contributed by atoms with van der Waals surface area (Å²) in [5, 5.41) is 0. The first-order valence-electron chi connectivity index (χ1n) is 14.1. The molecule has 4 fully saturated rings. The number of rotatable bonds is 3. The fourth-order valence-corrected chi connectivity index (χ4v) is 66.0. The molecule has 0 atom stereocenters. The van der Waals surface area contributed by atoms with Crippen LogP contribution in [0.2, 0.25) is 39.3 Å². The van der Waals surface area contributed by atoms with Crippen LogP contribution in [0.1, 0.15) is 0 Å². The molecule has 39 heavy (non-hydrogen) atoms. The molecule has 2 bridgehead atoms. The molecule has 4 heterocycles. The van der Waals surface area contributed by atoms with Crippen LogP contribution in [0.25, 0.3) is 0 Å². The SMILES string of the molecule is C1COCCOCCOCCOCCOCCO1.C[Si](C)(C)[Si-]([Si](C)(C)C)[Si]12OCCN(CCO1)CCO2.[K+]. The molecule has 4 saturated heterocycles. The van der Waals surface area contributed by atoms with Crippen molar-refractivity contribution >= 4 is 30.9 Å². The zero-order valence-corrected chi connectivity index (χ0v) is 33.0. The molecule has 15 heteroatoms. The third-order valence-electron chi connectivity index (χ3n) is 6.14. The molecule has 0 amide bonds. The molecule has 0 radical (unpaired) electrons. The predicted molar refractivity (Wildman–Crippen MR) is 157 cm³/mol. The second kappa shape index (κ2) is 21.7. The number of hydrogen-bond donors (Lipinski definition) is 0. The van der Waals surface area contributed by atoms with Crippen LogP contribution in [-0.2, 0) is 41.7 Å². The van der Waals surface area contributed by atoms with E-state index in [1.54, 1.807) is 0 Å². The molecule has 0 aromatic carbocycles. The largest absolute Gasteiger partial charge is 1.00 e. The summed E-state index contributed by atoms with van der Waals surface area (Å²) in [4.78, 5) is 2.40. The van der Waals surface area contributed by atoms with Gasteiger partial charge in [-0.15, -0.1) is 15.2 Å². The van der Waals surface area contributed by atoms with Gasteiger partial charge in [-0.1, -0.05) is 39.3 Å². The second-order valence-corrected chi connectivity index (χ2v) is 43.1. The molecule has 0 saturated carbocycles. The average molecular weight is 652 g/mol. The Balaban J connectivity index is 0.000000383. The third kappa shape index (κ3) is 16.7. The Kier molecular flexibility index (Phi) is 21.8. The van der Waals surface area contributed by atoms with Crippen LogP contribution >= 0.6 is 0 Å². The van der Waals surface area contributed by atoms with E-state index in [4.69, 9.17) is 41.7 Å². The van der Waals surface area contributed by atoms with Crippen LogP contribution in [0.4, 0.5) is 0 Å². The minimum Gasteiger partial charge on any atom is -0.396 e. The van der Waals surface area contributed by atoms with Crippen molar-refractivity contribution in [2.75, 3.05) is 119 Å². The quantitative estimate of drug-likeness (QED) is 0.348. The van der Waals surface area contributed by atoms with Gasteiger partial charge < -0.3 is 41.7 Å². The molecule has 10 nitrogen and oxygen atoms in total. The molecule has 0 N–H and O–H groups in total. The molecular weight excluding hydrogens is 598 g/mol. The fourth-order valence-electron chi connectivity index (χ4n) is 4.97. The zero-order chi connectivity index (χ0) is 27.7. The van der Waals surface area contributed by atoms with E-state index in [1.165, 1.54) is 0 Å². The molecule has 4 aliphatic rings. The maximum atomic E-state index is 6.42. The summed E-state index contributed by atoms with van der Waals surface area (Å²) < 4.78 is 51.2. The number of nitrogens with zero attached hydrogens (tertiary/aromatic N) is 1. The molecule has 0 unspecified atom stereocenters. The van der Waals surface area contributed by atoms with Crippen molar-refractivity contribution < 1.29 is 93.1 Å². The third-order valence-corrected chi connectivity index (χ3v) is 56.1. The topological polar surface area (TPSA) is 86.3 Å². The van der Waals surface area contributed by atoms with Gasteiger partial charge in [0.05, 0.1) is 79.3 Å².